The molecule has 1 N–H and O–H groups in total. The average Bonchev–Trinajstić information content (AvgIpc) is 2.69. The first-order chi connectivity index (χ1) is 6.79. The quantitative estimate of drug-likeness (QED) is 0.806. The minimum absolute atomic E-state index is 0.607. The lowest BCUT2D eigenvalue weighted by atomic mass is 10.1. The molecule has 1 aliphatic heterocycles. The maximum absolute atomic E-state index is 3.62. The van der Waals surface area contributed by atoms with E-state index < -0.39 is 0 Å². The van der Waals surface area contributed by atoms with Crippen LogP contribution < -0.4 is 10.2 Å². The number of hydrogen-bond donors (Lipinski definition) is 1. The fourth-order valence-electron chi connectivity index (χ4n) is 2.06. The molecule has 0 amide bonds. The van der Waals surface area contributed by atoms with Gasteiger partial charge in [-0.25, -0.2) is 0 Å². The van der Waals surface area contributed by atoms with Gasteiger partial charge in [0, 0.05) is 25.2 Å². The Morgan fingerprint density at radius 2 is 2.43 bits per heavy atom. The van der Waals surface area contributed by atoms with Crippen molar-refractivity contribution in [3.05, 3.63) is 17.5 Å². The fourth-order valence-corrected chi connectivity index (χ4v) is 2.81. The van der Waals surface area contributed by atoms with E-state index in [2.05, 4.69) is 41.6 Å². The molecule has 0 radical (unpaired) electrons. The lowest BCUT2D eigenvalue weighted by Crippen LogP contribution is -2.55. The Morgan fingerprint density at radius 3 is 3.07 bits per heavy atom. The second-order valence-electron chi connectivity index (χ2n) is 4.03. The van der Waals surface area contributed by atoms with Crippen molar-refractivity contribution in [1.29, 1.82) is 0 Å². The van der Waals surface area contributed by atoms with Gasteiger partial charge < -0.3 is 10.2 Å². The van der Waals surface area contributed by atoms with E-state index in [1.165, 1.54) is 11.4 Å². The van der Waals surface area contributed by atoms with Gasteiger partial charge in [0.2, 0.25) is 0 Å². The molecule has 2 nitrogen and oxygen atoms in total. The standard InChI is InChI=1S/C11H18N2S/c1-3-10-8-13(7-9(2)12-10)11-5-4-6-14-11/h4-6,9-10,12H,3,7-8H2,1-2H3. The van der Waals surface area contributed by atoms with Crippen molar-refractivity contribution < 1.29 is 0 Å². The van der Waals surface area contributed by atoms with Crippen molar-refractivity contribution in [2.24, 2.45) is 0 Å². The normalized spacial score (nSPS) is 28.0. The molecule has 1 fully saturated rings. The van der Waals surface area contributed by atoms with E-state index in [1.54, 1.807) is 0 Å². The molecule has 1 aliphatic rings. The lowest BCUT2D eigenvalue weighted by Gasteiger charge is -2.37. The fraction of sp³-hybridized carbons (Fsp3) is 0.636. The van der Waals surface area contributed by atoms with Crippen molar-refractivity contribution in [3.63, 3.8) is 0 Å². The second kappa shape index (κ2) is 4.32. The molecule has 78 valence electrons. The van der Waals surface area contributed by atoms with Gasteiger partial charge in [-0.1, -0.05) is 6.92 Å². The molecule has 2 rings (SSSR count). The van der Waals surface area contributed by atoms with E-state index in [4.69, 9.17) is 0 Å². The van der Waals surface area contributed by atoms with Crippen molar-refractivity contribution in [2.75, 3.05) is 18.0 Å². The predicted octanol–water partition coefficient (Wildman–Crippen LogP) is 2.32. The number of nitrogens with zero attached hydrogens (tertiary/aromatic N) is 1. The molecule has 0 aromatic carbocycles. The first-order valence-corrected chi connectivity index (χ1v) is 6.22. The van der Waals surface area contributed by atoms with Gasteiger partial charge in [-0.2, -0.15) is 0 Å². The molecule has 3 heteroatoms. The molecule has 0 aliphatic carbocycles. The zero-order valence-corrected chi connectivity index (χ0v) is 9.68. The van der Waals surface area contributed by atoms with Crippen LogP contribution >= 0.6 is 11.3 Å². The highest BCUT2D eigenvalue weighted by Crippen LogP contribution is 2.23. The van der Waals surface area contributed by atoms with Gasteiger partial charge in [0.15, 0.2) is 0 Å². The third-order valence-electron chi connectivity index (χ3n) is 2.77. The van der Waals surface area contributed by atoms with E-state index in [1.807, 2.05) is 11.3 Å². The molecule has 2 atom stereocenters. The summed E-state index contributed by atoms with van der Waals surface area (Å²) in [6.45, 7) is 6.81. The summed E-state index contributed by atoms with van der Waals surface area (Å²) in [6, 6.07) is 5.61. The Balaban J connectivity index is 2.05. The number of piperazine rings is 1. The molecule has 14 heavy (non-hydrogen) atoms. The molecular weight excluding hydrogens is 192 g/mol. The van der Waals surface area contributed by atoms with Crippen LogP contribution in [-0.4, -0.2) is 25.2 Å². The summed E-state index contributed by atoms with van der Waals surface area (Å²) < 4.78 is 0. The molecule has 0 saturated carbocycles. The average molecular weight is 210 g/mol. The van der Waals surface area contributed by atoms with Gasteiger partial charge in [0.05, 0.1) is 5.00 Å². The first-order valence-electron chi connectivity index (χ1n) is 5.34. The Hall–Kier alpha value is -0.540. The molecular formula is C11H18N2S. The van der Waals surface area contributed by atoms with E-state index in [-0.39, 0.29) is 0 Å². The topological polar surface area (TPSA) is 15.3 Å². The molecule has 0 spiro atoms. The Bertz CT molecular complexity index is 271. The van der Waals surface area contributed by atoms with Crippen LogP contribution in [0.15, 0.2) is 17.5 Å². The first kappa shape index (κ1) is 9.99. The maximum Gasteiger partial charge on any atom is 0.0909 e. The largest absolute Gasteiger partial charge is 0.360 e. The summed E-state index contributed by atoms with van der Waals surface area (Å²) in [5, 5.41) is 7.19. The van der Waals surface area contributed by atoms with E-state index in [9.17, 15) is 0 Å². The smallest absolute Gasteiger partial charge is 0.0909 e. The highest BCUT2D eigenvalue weighted by Gasteiger charge is 2.22. The summed E-state index contributed by atoms with van der Waals surface area (Å²) in [6.07, 6.45) is 1.21. The molecule has 2 unspecified atom stereocenters. The van der Waals surface area contributed by atoms with Crippen LogP contribution in [0.5, 0.6) is 0 Å². The summed E-state index contributed by atoms with van der Waals surface area (Å²) in [5.74, 6) is 0. The van der Waals surface area contributed by atoms with Crippen LogP contribution in [-0.2, 0) is 0 Å². The Kier molecular flexibility index (Phi) is 3.08. The van der Waals surface area contributed by atoms with E-state index in [0.717, 1.165) is 13.1 Å². The van der Waals surface area contributed by atoms with Gasteiger partial charge in [0.1, 0.15) is 0 Å². The van der Waals surface area contributed by atoms with Crippen LogP contribution in [0.1, 0.15) is 20.3 Å². The number of anilines is 1. The third-order valence-corrected chi connectivity index (χ3v) is 3.69. The minimum Gasteiger partial charge on any atom is -0.360 e. The number of nitrogens with one attached hydrogen (secondary N) is 1. The number of hydrogen-bond acceptors (Lipinski definition) is 3. The van der Waals surface area contributed by atoms with Gasteiger partial charge in [-0.3, -0.25) is 0 Å². The Morgan fingerprint density at radius 1 is 1.57 bits per heavy atom. The van der Waals surface area contributed by atoms with Crippen molar-refractivity contribution >= 4 is 16.3 Å². The predicted molar refractivity (Wildman–Crippen MR) is 63.2 cm³/mol. The zero-order valence-electron chi connectivity index (χ0n) is 8.86. The number of thiophene rings is 1. The Labute approximate surface area is 89.9 Å². The third kappa shape index (κ3) is 2.10. The summed E-state index contributed by atoms with van der Waals surface area (Å²) >= 11 is 1.84. The zero-order chi connectivity index (χ0) is 9.97. The van der Waals surface area contributed by atoms with Crippen molar-refractivity contribution in [3.8, 4) is 0 Å². The summed E-state index contributed by atoms with van der Waals surface area (Å²) in [4.78, 5) is 2.50. The lowest BCUT2D eigenvalue weighted by molar-refractivity contribution is 0.381. The maximum atomic E-state index is 3.62. The second-order valence-corrected chi connectivity index (χ2v) is 4.96. The van der Waals surface area contributed by atoms with E-state index >= 15 is 0 Å². The van der Waals surface area contributed by atoms with E-state index in [0.29, 0.717) is 12.1 Å². The van der Waals surface area contributed by atoms with Crippen molar-refractivity contribution in [1.82, 2.24) is 5.32 Å². The van der Waals surface area contributed by atoms with Gasteiger partial charge in [0.25, 0.3) is 0 Å². The number of rotatable bonds is 2. The molecule has 1 aromatic heterocycles. The van der Waals surface area contributed by atoms with Crippen LogP contribution in [0, 0.1) is 0 Å². The monoisotopic (exact) mass is 210 g/mol. The van der Waals surface area contributed by atoms with Gasteiger partial charge >= 0.3 is 0 Å². The van der Waals surface area contributed by atoms with Gasteiger partial charge in [-0.15, -0.1) is 11.3 Å². The molecule has 0 bridgehead atoms. The van der Waals surface area contributed by atoms with Crippen LogP contribution in [0.4, 0.5) is 5.00 Å². The molecule has 2 heterocycles. The van der Waals surface area contributed by atoms with Crippen LogP contribution in [0.3, 0.4) is 0 Å². The van der Waals surface area contributed by atoms with Crippen LogP contribution in [0.25, 0.3) is 0 Å². The van der Waals surface area contributed by atoms with Gasteiger partial charge in [-0.05, 0) is 30.9 Å². The highest BCUT2D eigenvalue weighted by molar-refractivity contribution is 7.14. The SMILES string of the molecule is CCC1CN(c2cccs2)CC(C)N1. The summed E-state index contributed by atoms with van der Waals surface area (Å²) in [7, 11) is 0. The van der Waals surface area contributed by atoms with Crippen LogP contribution in [0.2, 0.25) is 0 Å². The highest BCUT2D eigenvalue weighted by atomic mass is 32.1. The molecule has 1 aromatic rings. The molecule has 1 saturated heterocycles. The van der Waals surface area contributed by atoms with Crippen molar-refractivity contribution in [2.45, 2.75) is 32.4 Å². The summed E-state index contributed by atoms with van der Waals surface area (Å²) in [5.41, 5.74) is 0. The minimum atomic E-state index is 0.607.